The summed E-state index contributed by atoms with van der Waals surface area (Å²) in [6.45, 7) is 4.41. The molecule has 28 heavy (non-hydrogen) atoms. The van der Waals surface area contributed by atoms with Crippen molar-refractivity contribution in [3.05, 3.63) is 94.8 Å². The van der Waals surface area contributed by atoms with Crippen LogP contribution in [0, 0.1) is 6.92 Å². The largest absolute Gasteiger partial charge is 0.479 e. The number of rotatable bonds is 8. The first-order valence-corrected chi connectivity index (χ1v) is 9.12. The van der Waals surface area contributed by atoms with Crippen LogP contribution in [0.2, 0.25) is 0 Å². The number of ketones is 1. The molecule has 1 aromatic heterocycles. The highest BCUT2D eigenvalue weighted by Gasteiger charge is 2.12. The van der Waals surface area contributed by atoms with Crippen LogP contribution in [-0.2, 0) is 22.7 Å². The fraction of sp³-hybridized carbons (Fsp3) is 0.217. The summed E-state index contributed by atoms with van der Waals surface area (Å²) in [5.74, 6) is -0.959. The Kier molecular flexibility index (Phi) is 6.06. The summed E-state index contributed by atoms with van der Waals surface area (Å²) in [5, 5.41) is 8.84. The maximum Gasteiger partial charge on any atom is 0.332 e. The molecule has 1 atom stereocenters. The predicted molar refractivity (Wildman–Crippen MR) is 106 cm³/mol. The van der Waals surface area contributed by atoms with Gasteiger partial charge >= 0.3 is 5.97 Å². The molecule has 2 aromatic carbocycles. The number of carbonyl (C=O) groups is 2. The van der Waals surface area contributed by atoms with E-state index in [0.717, 1.165) is 16.7 Å². The molecule has 5 nitrogen and oxygen atoms in total. The van der Waals surface area contributed by atoms with E-state index < -0.39 is 12.1 Å². The van der Waals surface area contributed by atoms with E-state index in [1.54, 1.807) is 0 Å². The molecule has 0 unspecified atom stereocenters. The second kappa shape index (κ2) is 8.67. The Morgan fingerprint density at radius 3 is 2.25 bits per heavy atom. The van der Waals surface area contributed by atoms with Crippen molar-refractivity contribution in [1.82, 2.24) is 4.57 Å². The van der Waals surface area contributed by atoms with E-state index in [0.29, 0.717) is 17.7 Å². The molecule has 3 rings (SSSR count). The molecule has 0 radical (unpaired) electrons. The zero-order chi connectivity index (χ0) is 20.1. The van der Waals surface area contributed by atoms with Gasteiger partial charge in [-0.1, -0.05) is 54.1 Å². The summed E-state index contributed by atoms with van der Waals surface area (Å²) in [5.41, 5.74) is 4.47. The molecule has 0 fully saturated rings. The highest BCUT2D eigenvalue weighted by Crippen LogP contribution is 2.14. The lowest BCUT2D eigenvalue weighted by Crippen LogP contribution is -2.19. The Bertz CT molecular complexity index is 955. The van der Waals surface area contributed by atoms with Crippen LogP contribution >= 0.6 is 0 Å². The van der Waals surface area contributed by atoms with Gasteiger partial charge in [-0.2, -0.15) is 0 Å². The van der Waals surface area contributed by atoms with Crippen LogP contribution in [0.3, 0.4) is 0 Å². The maximum atomic E-state index is 12.6. The number of carboxylic acid groups (broad SMARTS) is 1. The topological polar surface area (TPSA) is 68.5 Å². The summed E-state index contributed by atoms with van der Waals surface area (Å²) in [7, 11) is 0. The highest BCUT2D eigenvalue weighted by atomic mass is 16.5. The van der Waals surface area contributed by atoms with Crippen LogP contribution in [0.1, 0.15) is 39.5 Å². The van der Waals surface area contributed by atoms with Crippen molar-refractivity contribution in [3.8, 4) is 0 Å². The molecule has 0 saturated carbocycles. The first kappa shape index (κ1) is 19.6. The van der Waals surface area contributed by atoms with Crippen molar-refractivity contribution in [2.24, 2.45) is 0 Å². The molecule has 0 aliphatic rings. The second-order valence-electron chi connectivity index (χ2n) is 6.88. The molecule has 1 heterocycles. The van der Waals surface area contributed by atoms with E-state index in [1.165, 1.54) is 6.92 Å². The van der Waals surface area contributed by atoms with Gasteiger partial charge in [0.1, 0.15) is 0 Å². The summed E-state index contributed by atoms with van der Waals surface area (Å²) in [6.07, 6.45) is 2.92. The Morgan fingerprint density at radius 1 is 0.964 bits per heavy atom. The van der Waals surface area contributed by atoms with Crippen molar-refractivity contribution in [2.75, 3.05) is 0 Å². The predicted octanol–water partition coefficient (Wildman–Crippen LogP) is 4.07. The average molecular weight is 377 g/mol. The number of hydrogen-bond donors (Lipinski definition) is 1. The van der Waals surface area contributed by atoms with E-state index in [9.17, 15) is 9.59 Å². The lowest BCUT2D eigenvalue weighted by molar-refractivity contribution is -0.149. The Balaban J connectivity index is 1.61. The number of aliphatic carboxylic acids is 1. The van der Waals surface area contributed by atoms with Gasteiger partial charge in [0, 0.05) is 30.1 Å². The van der Waals surface area contributed by atoms with Crippen LogP contribution in [0.5, 0.6) is 0 Å². The summed E-state index contributed by atoms with van der Waals surface area (Å²) < 4.78 is 7.26. The number of carbonyl (C=O) groups excluding carboxylic acids is 1. The van der Waals surface area contributed by atoms with E-state index in [1.807, 2.05) is 78.5 Å². The molecule has 0 amide bonds. The number of ether oxygens (including phenoxy) is 1. The van der Waals surface area contributed by atoms with Crippen LogP contribution < -0.4 is 0 Å². The van der Waals surface area contributed by atoms with Crippen molar-refractivity contribution >= 4 is 11.8 Å². The molecular formula is C23H23NO4. The van der Waals surface area contributed by atoms with Crippen molar-refractivity contribution in [3.63, 3.8) is 0 Å². The van der Waals surface area contributed by atoms with E-state index in [2.05, 4.69) is 0 Å². The normalized spacial score (nSPS) is 11.9. The summed E-state index contributed by atoms with van der Waals surface area (Å²) >= 11 is 0. The zero-order valence-electron chi connectivity index (χ0n) is 16.0. The fourth-order valence-corrected chi connectivity index (χ4v) is 2.79. The molecule has 0 bridgehead atoms. The van der Waals surface area contributed by atoms with Gasteiger partial charge in [-0.3, -0.25) is 4.79 Å². The molecule has 0 spiro atoms. The van der Waals surface area contributed by atoms with Gasteiger partial charge in [-0.15, -0.1) is 0 Å². The third-order valence-corrected chi connectivity index (χ3v) is 4.56. The van der Waals surface area contributed by atoms with Gasteiger partial charge in [-0.25, -0.2) is 4.79 Å². The second-order valence-corrected chi connectivity index (χ2v) is 6.88. The minimum atomic E-state index is -0.972. The molecule has 5 heteroatoms. The molecular weight excluding hydrogens is 354 g/mol. The van der Waals surface area contributed by atoms with Gasteiger partial charge in [0.05, 0.1) is 6.61 Å². The van der Waals surface area contributed by atoms with Crippen LogP contribution in [-0.4, -0.2) is 27.5 Å². The third-order valence-electron chi connectivity index (χ3n) is 4.56. The number of hydrogen-bond acceptors (Lipinski definition) is 3. The van der Waals surface area contributed by atoms with E-state index in [4.69, 9.17) is 9.84 Å². The number of carboxylic acids is 1. The van der Waals surface area contributed by atoms with Gasteiger partial charge < -0.3 is 14.4 Å². The summed E-state index contributed by atoms with van der Waals surface area (Å²) in [6, 6.07) is 17.2. The van der Waals surface area contributed by atoms with Crippen molar-refractivity contribution in [1.29, 1.82) is 0 Å². The van der Waals surface area contributed by atoms with Crippen LogP contribution in [0.15, 0.2) is 67.0 Å². The Morgan fingerprint density at radius 2 is 1.61 bits per heavy atom. The third kappa shape index (κ3) is 4.96. The average Bonchev–Trinajstić information content (AvgIpc) is 3.15. The molecule has 0 aliphatic heterocycles. The lowest BCUT2D eigenvalue weighted by atomic mass is 10.0. The maximum absolute atomic E-state index is 12.6. The minimum absolute atomic E-state index is 0.0128. The molecule has 0 aliphatic carbocycles. The van der Waals surface area contributed by atoms with Crippen molar-refractivity contribution < 1.29 is 19.4 Å². The van der Waals surface area contributed by atoms with Gasteiger partial charge in [0.25, 0.3) is 0 Å². The van der Waals surface area contributed by atoms with Gasteiger partial charge in [-0.05, 0) is 31.0 Å². The van der Waals surface area contributed by atoms with Crippen LogP contribution in [0.25, 0.3) is 0 Å². The lowest BCUT2D eigenvalue weighted by Gasteiger charge is -2.09. The minimum Gasteiger partial charge on any atom is -0.479 e. The molecule has 0 saturated heterocycles. The smallest absolute Gasteiger partial charge is 0.332 e. The van der Waals surface area contributed by atoms with Crippen molar-refractivity contribution in [2.45, 2.75) is 33.1 Å². The molecule has 1 N–H and O–H groups in total. The zero-order valence-corrected chi connectivity index (χ0v) is 16.0. The van der Waals surface area contributed by atoms with Gasteiger partial charge in [0.15, 0.2) is 11.9 Å². The number of benzene rings is 2. The monoisotopic (exact) mass is 377 g/mol. The Labute approximate surface area is 164 Å². The first-order valence-electron chi connectivity index (χ1n) is 9.12. The quantitative estimate of drug-likeness (QED) is 0.601. The van der Waals surface area contributed by atoms with Gasteiger partial charge in [0.2, 0.25) is 0 Å². The molecule has 144 valence electrons. The molecule has 3 aromatic rings. The highest BCUT2D eigenvalue weighted by molar-refractivity contribution is 6.08. The first-order chi connectivity index (χ1) is 13.4. The summed E-state index contributed by atoms with van der Waals surface area (Å²) in [4.78, 5) is 23.4. The van der Waals surface area contributed by atoms with E-state index >= 15 is 0 Å². The number of nitrogens with zero attached hydrogens (tertiary/aromatic N) is 1. The van der Waals surface area contributed by atoms with Crippen LogP contribution in [0.4, 0.5) is 0 Å². The Hall–Kier alpha value is -3.18. The standard InChI is InChI=1S/C23H23NO4/c1-16-3-9-20(10-4-16)22(25)21-11-12-24(14-21)13-18-5-7-19(8-6-18)15-28-17(2)23(26)27/h3-12,14,17H,13,15H2,1-2H3,(H,26,27)/t17-/m1/s1. The number of aromatic nitrogens is 1. The fourth-order valence-electron chi connectivity index (χ4n) is 2.79. The van der Waals surface area contributed by atoms with E-state index in [-0.39, 0.29) is 12.4 Å². The SMILES string of the molecule is Cc1ccc(C(=O)c2ccn(Cc3ccc(CO[C@H](C)C(=O)O)cc3)c2)cc1. The number of aryl methyl sites for hydroxylation is 1.